The highest BCUT2D eigenvalue weighted by atomic mass is 16.5. The summed E-state index contributed by atoms with van der Waals surface area (Å²) in [6, 6.07) is 13.3. The molecule has 0 aliphatic carbocycles. The van der Waals surface area contributed by atoms with Crippen molar-refractivity contribution in [3.05, 3.63) is 66.5 Å². The van der Waals surface area contributed by atoms with Gasteiger partial charge < -0.3 is 13.7 Å². The van der Waals surface area contributed by atoms with Crippen LogP contribution in [-0.2, 0) is 9.53 Å². The maximum atomic E-state index is 12.5. The van der Waals surface area contributed by atoms with E-state index in [0.717, 1.165) is 22.7 Å². The molecule has 7 heteroatoms. The number of hydrogen-bond donors (Lipinski definition) is 2. The lowest BCUT2D eigenvalue weighted by molar-refractivity contribution is -0.145. The molecule has 3 heterocycles. The molecule has 7 nitrogen and oxygen atoms in total. The van der Waals surface area contributed by atoms with Crippen LogP contribution in [0.5, 0.6) is 0 Å². The highest BCUT2D eigenvalue weighted by Gasteiger charge is 2.39. The average molecular weight is 380 g/mol. The van der Waals surface area contributed by atoms with Gasteiger partial charge in [-0.1, -0.05) is 30.3 Å². The van der Waals surface area contributed by atoms with Crippen molar-refractivity contribution in [3.63, 3.8) is 0 Å². The molecule has 2 aromatic heterocycles. The van der Waals surface area contributed by atoms with Gasteiger partial charge in [0.05, 0.1) is 36.6 Å². The maximum absolute atomic E-state index is 12.5. The minimum atomic E-state index is -0.485. The highest BCUT2D eigenvalue weighted by molar-refractivity contribution is 5.78. The van der Waals surface area contributed by atoms with E-state index in [-0.39, 0.29) is 17.9 Å². The first-order valence-electron chi connectivity index (χ1n) is 9.51. The Morgan fingerprint density at radius 1 is 1.32 bits per heavy atom. The number of imidazole rings is 1. The fourth-order valence-electron chi connectivity index (χ4n) is 3.74. The van der Waals surface area contributed by atoms with Crippen LogP contribution < -0.4 is 10.9 Å². The minimum Gasteiger partial charge on any atom is -0.467 e. The number of rotatable bonds is 6. The summed E-state index contributed by atoms with van der Waals surface area (Å²) in [6.07, 6.45) is 3.49. The second kappa shape index (κ2) is 8.00. The van der Waals surface area contributed by atoms with Gasteiger partial charge in [-0.05, 0) is 26.0 Å². The van der Waals surface area contributed by atoms with E-state index in [0.29, 0.717) is 13.2 Å². The molecule has 0 amide bonds. The number of carbonyl (C=O) groups excluding carboxylic acids is 1. The Kier molecular flexibility index (Phi) is 5.27. The highest BCUT2D eigenvalue weighted by Crippen LogP contribution is 2.35. The predicted octanol–water partition coefficient (Wildman–Crippen LogP) is 2.88. The van der Waals surface area contributed by atoms with Crippen LogP contribution in [0, 0.1) is 0 Å². The Labute approximate surface area is 163 Å². The van der Waals surface area contributed by atoms with E-state index in [9.17, 15) is 4.79 Å². The smallest absolute Gasteiger partial charge is 0.325 e. The van der Waals surface area contributed by atoms with Crippen molar-refractivity contribution in [1.29, 1.82) is 0 Å². The second-order valence-electron chi connectivity index (χ2n) is 6.80. The van der Waals surface area contributed by atoms with E-state index in [1.165, 1.54) is 0 Å². The van der Waals surface area contributed by atoms with Crippen LogP contribution in [0.2, 0.25) is 0 Å². The lowest BCUT2D eigenvalue weighted by Gasteiger charge is -2.22. The summed E-state index contributed by atoms with van der Waals surface area (Å²) >= 11 is 0. The topological polar surface area (TPSA) is 81.3 Å². The maximum Gasteiger partial charge on any atom is 0.325 e. The monoisotopic (exact) mass is 380 g/mol. The Bertz CT molecular complexity index is 921. The van der Waals surface area contributed by atoms with Crippen molar-refractivity contribution in [1.82, 2.24) is 20.4 Å². The van der Waals surface area contributed by atoms with Gasteiger partial charge >= 0.3 is 5.97 Å². The summed E-state index contributed by atoms with van der Waals surface area (Å²) < 4.78 is 13.0. The number of esters is 1. The number of furan rings is 1. The van der Waals surface area contributed by atoms with E-state index >= 15 is 0 Å². The number of ether oxygens (including phenoxy) is 1. The first-order chi connectivity index (χ1) is 13.7. The van der Waals surface area contributed by atoms with E-state index < -0.39 is 6.04 Å². The number of hydrazine groups is 1. The van der Waals surface area contributed by atoms with Crippen LogP contribution in [0.4, 0.5) is 0 Å². The van der Waals surface area contributed by atoms with Crippen LogP contribution in [0.15, 0.2) is 59.5 Å². The molecule has 0 bridgehead atoms. The number of nitrogens with zero attached hydrogens (tertiary/aromatic N) is 2. The number of benzene rings is 1. The van der Waals surface area contributed by atoms with Crippen molar-refractivity contribution >= 4 is 5.97 Å². The summed E-state index contributed by atoms with van der Waals surface area (Å²) in [6.45, 7) is 4.82. The summed E-state index contributed by atoms with van der Waals surface area (Å²) in [5, 5.41) is 0. The largest absolute Gasteiger partial charge is 0.467 e. The van der Waals surface area contributed by atoms with E-state index in [2.05, 4.69) is 22.3 Å². The van der Waals surface area contributed by atoms with Crippen molar-refractivity contribution in [2.75, 3.05) is 13.2 Å². The van der Waals surface area contributed by atoms with Gasteiger partial charge in [0, 0.05) is 18.0 Å². The average Bonchev–Trinajstić information content (AvgIpc) is 3.48. The van der Waals surface area contributed by atoms with Gasteiger partial charge in [0.2, 0.25) is 0 Å². The number of nitrogens with one attached hydrogen (secondary N) is 2. The molecular formula is C21H24N4O3. The fourth-order valence-corrected chi connectivity index (χ4v) is 3.74. The summed E-state index contributed by atoms with van der Waals surface area (Å²) in [5.41, 5.74) is 9.04. The molecule has 0 spiro atoms. The minimum absolute atomic E-state index is 0.0570. The van der Waals surface area contributed by atoms with Gasteiger partial charge in [-0.3, -0.25) is 10.2 Å². The van der Waals surface area contributed by atoms with Crippen LogP contribution in [0.25, 0.3) is 11.3 Å². The number of aromatic nitrogens is 2. The quantitative estimate of drug-likeness (QED) is 0.640. The second-order valence-corrected chi connectivity index (χ2v) is 6.80. The Hall–Kier alpha value is -2.90. The third kappa shape index (κ3) is 3.34. The normalized spacial score (nSPS) is 20.2. The van der Waals surface area contributed by atoms with Crippen molar-refractivity contribution in [2.45, 2.75) is 31.8 Å². The molecule has 0 radical (unpaired) electrons. The molecule has 1 aliphatic rings. The van der Waals surface area contributed by atoms with Gasteiger partial charge in [-0.25, -0.2) is 10.4 Å². The zero-order valence-electron chi connectivity index (χ0n) is 16.0. The molecule has 0 saturated carbocycles. The first kappa shape index (κ1) is 18.5. The number of carbonyl (C=O) groups is 1. The molecule has 4 rings (SSSR count). The molecule has 28 heavy (non-hydrogen) atoms. The summed E-state index contributed by atoms with van der Waals surface area (Å²) in [5.74, 6) is 0.439. The SMILES string of the molecule is CCOC(=O)C1NNCC1c1c(-c2ccccc2)ncn1C(C)c1ccco1. The number of hydrogen-bond acceptors (Lipinski definition) is 6. The van der Waals surface area contributed by atoms with Crippen LogP contribution in [0.1, 0.15) is 37.3 Å². The van der Waals surface area contributed by atoms with Crippen molar-refractivity contribution < 1.29 is 13.9 Å². The molecule has 3 aromatic rings. The first-order valence-corrected chi connectivity index (χ1v) is 9.51. The lowest BCUT2D eigenvalue weighted by Crippen LogP contribution is -2.39. The van der Waals surface area contributed by atoms with E-state index in [1.807, 2.05) is 55.7 Å². The molecule has 1 saturated heterocycles. The zero-order valence-corrected chi connectivity index (χ0v) is 16.0. The Morgan fingerprint density at radius 2 is 2.14 bits per heavy atom. The molecular weight excluding hydrogens is 356 g/mol. The summed E-state index contributed by atoms with van der Waals surface area (Å²) in [4.78, 5) is 17.3. The molecule has 1 aliphatic heterocycles. The van der Waals surface area contributed by atoms with Crippen molar-refractivity contribution in [3.8, 4) is 11.3 Å². The van der Waals surface area contributed by atoms with Crippen LogP contribution in [0.3, 0.4) is 0 Å². The molecule has 3 atom stereocenters. The van der Waals surface area contributed by atoms with Gasteiger partial charge in [-0.15, -0.1) is 0 Å². The third-order valence-corrected chi connectivity index (χ3v) is 5.13. The predicted molar refractivity (Wildman–Crippen MR) is 104 cm³/mol. The standard InChI is InChI=1S/C21H24N4O3/c1-3-27-21(26)19-16(12-23-24-19)20-18(15-8-5-4-6-9-15)22-13-25(20)14(2)17-10-7-11-28-17/h4-11,13-14,16,19,23-24H,3,12H2,1-2H3. The van der Waals surface area contributed by atoms with Gasteiger partial charge in [0.1, 0.15) is 11.8 Å². The van der Waals surface area contributed by atoms with Gasteiger partial charge in [0.15, 0.2) is 0 Å². The fraction of sp³-hybridized carbons (Fsp3) is 0.333. The van der Waals surface area contributed by atoms with E-state index in [1.54, 1.807) is 6.26 Å². The molecule has 1 fully saturated rings. The van der Waals surface area contributed by atoms with Crippen molar-refractivity contribution in [2.24, 2.45) is 0 Å². The molecule has 3 unspecified atom stereocenters. The van der Waals surface area contributed by atoms with Crippen LogP contribution >= 0.6 is 0 Å². The van der Waals surface area contributed by atoms with Crippen LogP contribution in [-0.4, -0.2) is 34.7 Å². The Balaban J connectivity index is 1.81. The molecule has 146 valence electrons. The lowest BCUT2D eigenvalue weighted by atomic mass is 9.93. The zero-order chi connectivity index (χ0) is 19.5. The Morgan fingerprint density at radius 3 is 2.86 bits per heavy atom. The summed E-state index contributed by atoms with van der Waals surface area (Å²) in [7, 11) is 0. The third-order valence-electron chi connectivity index (χ3n) is 5.13. The van der Waals surface area contributed by atoms with Gasteiger partial charge in [0.25, 0.3) is 0 Å². The van der Waals surface area contributed by atoms with E-state index in [4.69, 9.17) is 14.1 Å². The molecule has 2 N–H and O–H groups in total. The van der Waals surface area contributed by atoms with Gasteiger partial charge in [-0.2, -0.15) is 0 Å². The molecule has 1 aromatic carbocycles.